The van der Waals surface area contributed by atoms with Crippen LogP contribution in [0.15, 0.2) is 10.9 Å². The maximum absolute atomic E-state index is 11.5. The molecule has 190 valence electrons. The molecule has 0 fully saturated rings. The number of rotatable bonds is 2. The minimum absolute atomic E-state index is 0.0696. The first-order valence-electron chi connectivity index (χ1n) is 11.0. The Balaban J connectivity index is 0. The van der Waals surface area contributed by atoms with Crippen molar-refractivity contribution in [2.75, 3.05) is 7.11 Å². The van der Waals surface area contributed by atoms with E-state index in [0.717, 1.165) is 11.5 Å². The molecule has 4 N–H and O–H groups in total. The molecule has 8 nitrogen and oxygen atoms in total. The van der Waals surface area contributed by atoms with Crippen LogP contribution in [0.25, 0.3) is 0 Å². The van der Waals surface area contributed by atoms with Gasteiger partial charge in [-0.25, -0.2) is 4.98 Å². The zero-order valence-corrected chi connectivity index (χ0v) is 22.9. The number of nitrogens with two attached hydrogens (primary N) is 1. The molecule has 0 saturated heterocycles. The van der Waals surface area contributed by atoms with Crippen LogP contribution < -0.4 is 11.3 Å². The summed E-state index contributed by atoms with van der Waals surface area (Å²) in [5.74, 6) is 0.432. The summed E-state index contributed by atoms with van der Waals surface area (Å²) in [5.41, 5.74) is 5.12. The zero-order chi connectivity index (χ0) is 27.0. The Morgan fingerprint density at radius 3 is 1.64 bits per heavy atom. The number of nitrogens with one attached hydrogen (secondary N) is 2. The number of hydrogen-bond donors (Lipinski definition) is 3. The van der Waals surface area contributed by atoms with Crippen LogP contribution >= 0.6 is 0 Å². The fourth-order valence-corrected chi connectivity index (χ4v) is 1.67. The minimum atomic E-state index is -0.468. The molecule has 0 aliphatic rings. The lowest BCUT2D eigenvalue weighted by Gasteiger charge is -2.22. The van der Waals surface area contributed by atoms with Crippen molar-refractivity contribution in [1.82, 2.24) is 9.97 Å². The smallest absolute Gasteiger partial charge is 0.313 e. The third kappa shape index (κ3) is 14.3. The van der Waals surface area contributed by atoms with E-state index < -0.39 is 11.4 Å². The number of methoxy groups -OCH3 is 1. The summed E-state index contributed by atoms with van der Waals surface area (Å²) < 4.78 is 4.36. The highest BCUT2D eigenvalue weighted by molar-refractivity contribution is 5.98. The van der Waals surface area contributed by atoms with E-state index in [-0.39, 0.29) is 39.8 Å². The number of nitrogens with zero attached hydrogens (tertiary/aromatic N) is 1. The van der Waals surface area contributed by atoms with Crippen LogP contribution in [-0.4, -0.2) is 34.7 Å². The summed E-state index contributed by atoms with van der Waals surface area (Å²) >= 11 is 0. The van der Waals surface area contributed by atoms with Crippen LogP contribution in [0.2, 0.25) is 0 Å². The quantitative estimate of drug-likeness (QED) is 0.254. The Kier molecular flexibility index (Phi) is 12.0. The fraction of sp³-hybridized carbons (Fsp3) is 0.720. The normalized spacial score (nSPS) is 11.9. The number of aromatic amines is 1. The van der Waals surface area contributed by atoms with Crippen LogP contribution in [0, 0.1) is 16.2 Å². The number of hydrogen-bond acceptors (Lipinski definition) is 6. The number of carbonyl (C=O) groups excluding carboxylic acids is 2. The lowest BCUT2D eigenvalue weighted by molar-refractivity contribution is -0.145. The Hall–Kier alpha value is -2.51. The maximum atomic E-state index is 11.5. The van der Waals surface area contributed by atoms with Crippen LogP contribution in [-0.2, 0) is 25.2 Å². The van der Waals surface area contributed by atoms with Gasteiger partial charge in [-0.05, 0) is 0 Å². The molecule has 0 aliphatic carbocycles. The van der Waals surface area contributed by atoms with E-state index in [0.29, 0.717) is 0 Å². The second-order valence-corrected chi connectivity index (χ2v) is 12.1. The van der Waals surface area contributed by atoms with Gasteiger partial charge in [0.15, 0.2) is 0 Å². The number of H-pyrrole nitrogens is 1. The van der Waals surface area contributed by atoms with Gasteiger partial charge in [0.25, 0.3) is 5.56 Å². The highest BCUT2D eigenvalue weighted by atomic mass is 16.5. The molecule has 33 heavy (non-hydrogen) atoms. The first-order chi connectivity index (χ1) is 14.4. The van der Waals surface area contributed by atoms with E-state index in [2.05, 4.69) is 35.5 Å². The molecular formula is C25H46N4O4. The predicted molar refractivity (Wildman–Crippen MR) is 135 cm³/mol. The minimum Gasteiger partial charge on any atom is -0.469 e. The number of aromatic nitrogens is 2. The average Bonchev–Trinajstić information content (AvgIpc) is 2.59. The van der Waals surface area contributed by atoms with Crippen LogP contribution in [0.1, 0.15) is 101 Å². The summed E-state index contributed by atoms with van der Waals surface area (Å²) in [4.78, 5) is 40.6. The third-order valence-electron chi connectivity index (χ3n) is 4.40. The number of carbonyl (C=O) groups is 2. The van der Waals surface area contributed by atoms with E-state index in [4.69, 9.17) is 11.1 Å². The molecule has 0 aromatic carbocycles. The van der Waals surface area contributed by atoms with Crippen LogP contribution in [0.5, 0.6) is 0 Å². The van der Waals surface area contributed by atoms with Crippen molar-refractivity contribution in [3.05, 3.63) is 27.9 Å². The Labute approximate surface area is 199 Å². The van der Waals surface area contributed by atoms with Crippen molar-refractivity contribution in [3.63, 3.8) is 0 Å². The molecule has 0 unspecified atom stereocenters. The molecule has 0 atom stereocenters. The molecule has 1 rings (SSSR count). The van der Waals surface area contributed by atoms with Crippen molar-refractivity contribution < 1.29 is 14.3 Å². The number of Topliss-reactive ketones (excluding diaryl/α,β-unsaturated/α-hetero) is 1. The molecule has 0 spiro atoms. The lowest BCUT2D eigenvalue weighted by atomic mass is 9.89. The van der Waals surface area contributed by atoms with Crippen molar-refractivity contribution in [2.45, 2.75) is 100 Å². The second kappa shape index (κ2) is 12.1. The van der Waals surface area contributed by atoms with Gasteiger partial charge in [0.2, 0.25) is 0 Å². The van der Waals surface area contributed by atoms with Gasteiger partial charge in [-0.2, -0.15) is 0 Å². The van der Waals surface area contributed by atoms with Gasteiger partial charge in [-0.3, -0.25) is 19.8 Å². The van der Waals surface area contributed by atoms with Gasteiger partial charge in [0, 0.05) is 27.7 Å². The molecule has 1 aromatic heterocycles. The average molecular weight is 467 g/mol. The Bertz CT molecular complexity index is 823. The van der Waals surface area contributed by atoms with Gasteiger partial charge in [-0.1, -0.05) is 83.1 Å². The third-order valence-corrected chi connectivity index (χ3v) is 4.40. The van der Waals surface area contributed by atoms with Gasteiger partial charge in [-0.15, -0.1) is 0 Å². The van der Waals surface area contributed by atoms with Gasteiger partial charge >= 0.3 is 5.97 Å². The molecule has 0 amide bonds. The molecule has 1 aromatic rings. The van der Waals surface area contributed by atoms with Crippen molar-refractivity contribution >= 4 is 17.6 Å². The van der Waals surface area contributed by atoms with Crippen LogP contribution in [0.3, 0.4) is 0 Å². The zero-order valence-electron chi connectivity index (χ0n) is 22.9. The Morgan fingerprint density at radius 1 is 0.939 bits per heavy atom. The summed E-state index contributed by atoms with van der Waals surface area (Å²) in [6.07, 6.45) is -0.125. The lowest BCUT2D eigenvalue weighted by Crippen LogP contribution is -2.27. The monoisotopic (exact) mass is 466 g/mol. The summed E-state index contributed by atoms with van der Waals surface area (Å²) in [5, 5.41) is 6.92. The van der Waals surface area contributed by atoms with Crippen LogP contribution in [0.4, 0.5) is 0 Å². The SMILES string of the molecule is CC(C)(C)C(=N)N.CC(C)(C)c1cc(=O)[nH]c(C(C)(C)C)n1.COC(=O)CC(=O)C(C)(C)C. The standard InChI is InChI=1S/C12H20N2O.C8H14O3.C5H12N2/c1-11(2,3)8-7-9(15)14-10(13-8)12(4,5)6;1-8(2,3)6(9)5-7(10)11-4;1-5(2,3)4(6)7/h7H,1-6H3,(H,13,14,15);5H2,1-4H3;1-3H3,(H3,6,7). The highest BCUT2D eigenvalue weighted by Crippen LogP contribution is 2.22. The van der Waals surface area contributed by atoms with Crippen molar-refractivity contribution in [3.8, 4) is 0 Å². The molecule has 0 radical (unpaired) electrons. The topological polar surface area (TPSA) is 139 Å². The first kappa shape index (κ1) is 32.7. The van der Waals surface area contributed by atoms with E-state index in [1.165, 1.54) is 7.11 Å². The van der Waals surface area contributed by atoms with E-state index in [9.17, 15) is 14.4 Å². The molecule has 0 aliphatic heterocycles. The molecule has 1 heterocycles. The first-order valence-corrected chi connectivity index (χ1v) is 11.0. The maximum Gasteiger partial charge on any atom is 0.313 e. The summed E-state index contributed by atoms with van der Waals surface area (Å²) in [6.45, 7) is 23.4. The van der Waals surface area contributed by atoms with Gasteiger partial charge in [0.1, 0.15) is 18.0 Å². The van der Waals surface area contributed by atoms with Gasteiger partial charge < -0.3 is 15.5 Å². The fourth-order valence-electron chi connectivity index (χ4n) is 1.67. The number of amidine groups is 1. The Morgan fingerprint density at radius 2 is 1.36 bits per heavy atom. The van der Waals surface area contributed by atoms with E-state index in [1.807, 2.05) is 41.5 Å². The highest BCUT2D eigenvalue weighted by Gasteiger charge is 2.24. The van der Waals surface area contributed by atoms with Crippen molar-refractivity contribution in [2.24, 2.45) is 16.6 Å². The van der Waals surface area contributed by atoms with E-state index >= 15 is 0 Å². The summed E-state index contributed by atoms with van der Waals surface area (Å²) in [7, 11) is 1.28. The van der Waals surface area contributed by atoms with Gasteiger partial charge in [0.05, 0.1) is 18.6 Å². The molecule has 0 saturated carbocycles. The van der Waals surface area contributed by atoms with E-state index in [1.54, 1.807) is 26.8 Å². The second-order valence-electron chi connectivity index (χ2n) is 12.1. The molecule has 8 heteroatoms. The van der Waals surface area contributed by atoms with Crippen molar-refractivity contribution in [1.29, 1.82) is 5.41 Å². The number of esters is 1. The molecular weight excluding hydrogens is 420 g/mol. The predicted octanol–water partition coefficient (Wildman–Crippen LogP) is 4.50. The number of ether oxygens (including phenoxy) is 1. The largest absolute Gasteiger partial charge is 0.469 e. The summed E-state index contributed by atoms with van der Waals surface area (Å²) in [6, 6.07) is 1.58. The molecule has 0 bridgehead atoms. The number of ketones is 1.